The van der Waals surface area contributed by atoms with E-state index in [1.165, 1.54) is 0 Å². The number of ether oxygens (including phenoxy) is 1. The first-order valence-electron chi connectivity index (χ1n) is 12.8. The number of aromatic nitrogens is 5. The highest BCUT2D eigenvalue weighted by molar-refractivity contribution is 5.99. The SMILES string of the molecule is CC1CN(c2nnc(Nc3ccc(Oc4ncccc4-c4ccnc(N)n4)cc3)c3ccccc23)CCN1C. The maximum absolute atomic E-state index is 6.10. The van der Waals surface area contributed by atoms with Crippen LogP contribution in [0.25, 0.3) is 22.0 Å². The topological polar surface area (TPSA) is 118 Å². The minimum atomic E-state index is 0.194. The molecule has 1 atom stereocenters. The zero-order valence-corrected chi connectivity index (χ0v) is 21.8. The van der Waals surface area contributed by atoms with Crippen molar-refractivity contribution in [2.24, 2.45) is 0 Å². The van der Waals surface area contributed by atoms with E-state index in [1.54, 1.807) is 18.5 Å². The van der Waals surface area contributed by atoms with Crippen molar-refractivity contribution >= 4 is 34.0 Å². The number of pyridine rings is 1. The van der Waals surface area contributed by atoms with Crippen molar-refractivity contribution < 1.29 is 4.74 Å². The number of hydrogen-bond acceptors (Lipinski definition) is 10. The largest absolute Gasteiger partial charge is 0.438 e. The molecule has 6 rings (SSSR count). The molecule has 1 aliphatic rings. The van der Waals surface area contributed by atoms with E-state index in [-0.39, 0.29) is 5.95 Å². The molecule has 10 nitrogen and oxygen atoms in total. The predicted molar refractivity (Wildman–Crippen MR) is 153 cm³/mol. The summed E-state index contributed by atoms with van der Waals surface area (Å²) < 4.78 is 6.10. The van der Waals surface area contributed by atoms with Gasteiger partial charge in [0.05, 0.1) is 11.3 Å². The van der Waals surface area contributed by atoms with Gasteiger partial charge in [-0.2, -0.15) is 0 Å². The van der Waals surface area contributed by atoms with Crippen LogP contribution in [0.15, 0.2) is 79.1 Å². The maximum atomic E-state index is 6.10. The monoisotopic (exact) mass is 519 g/mol. The summed E-state index contributed by atoms with van der Waals surface area (Å²) in [6.45, 7) is 5.09. The van der Waals surface area contributed by atoms with E-state index in [4.69, 9.17) is 10.5 Å². The van der Waals surface area contributed by atoms with E-state index in [9.17, 15) is 0 Å². The first kappa shape index (κ1) is 24.5. The number of likely N-dealkylation sites (N-methyl/N-ethyl adjacent to an activating group) is 1. The van der Waals surface area contributed by atoms with Gasteiger partial charge in [-0.1, -0.05) is 24.3 Å². The van der Waals surface area contributed by atoms with E-state index < -0.39 is 0 Å². The highest BCUT2D eigenvalue weighted by Crippen LogP contribution is 2.33. The second-order valence-corrected chi connectivity index (χ2v) is 9.60. The number of nitrogens with one attached hydrogen (secondary N) is 1. The van der Waals surface area contributed by atoms with Crippen molar-refractivity contribution in [2.45, 2.75) is 13.0 Å². The maximum Gasteiger partial charge on any atom is 0.228 e. The van der Waals surface area contributed by atoms with Gasteiger partial charge in [-0.05, 0) is 56.4 Å². The average Bonchev–Trinajstić information content (AvgIpc) is 2.96. The molecule has 2 aromatic carbocycles. The molecule has 1 saturated heterocycles. The second kappa shape index (κ2) is 10.5. The van der Waals surface area contributed by atoms with Gasteiger partial charge in [-0.3, -0.25) is 0 Å². The van der Waals surface area contributed by atoms with Gasteiger partial charge >= 0.3 is 0 Å². The summed E-state index contributed by atoms with van der Waals surface area (Å²) in [6.07, 6.45) is 3.29. The Labute approximate surface area is 226 Å². The molecular formula is C29H29N9O. The molecule has 39 heavy (non-hydrogen) atoms. The van der Waals surface area contributed by atoms with E-state index in [0.717, 1.165) is 47.5 Å². The van der Waals surface area contributed by atoms with Crippen LogP contribution in [0.4, 0.5) is 23.3 Å². The van der Waals surface area contributed by atoms with Gasteiger partial charge in [0.1, 0.15) is 5.75 Å². The number of rotatable bonds is 6. The van der Waals surface area contributed by atoms with Crippen molar-refractivity contribution in [2.75, 3.05) is 42.6 Å². The number of anilines is 4. The molecular weight excluding hydrogens is 490 g/mol. The number of nitrogens with two attached hydrogens (primary N) is 1. The predicted octanol–water partition coefficient (Wildman–Crippen LogP) is 4.74. The molecule has 0 saturated carbocycles. The number of hydrogen-bond donors (Lipinski definition) is 2. The Morgan fingerprint density at radius 2 is 1.72 bits per heavy atom. The van der Waals surface area contributed by atoms with Crippen molar-refractivity contribution in [1.29, 1.82) is 0 Å². The van der Waals surface area contributed by atoms with E-state index in [1.807, 2.05) is 48.5 Å². The third-order valence-electron chi connectivity index (χ3n) is 6.98. The smallest absolute Gasteiger partial charge is 0.228 e. The van der Waals surface area contributed by atoms with E-state index in [0.29, 0.717) is 29.2 Å². The summed E-state index contributed by atoms with van der Waals surface area (Å²) in [5, 5.41) is 14.8. The van der Waals surface area contributed by atoms with Gasteiger partial charge in [0.15, 0.2) is 11.6 Å². The quantitative estimate of drug-likeness (QED) is 0.326. The molecule has 10 heteroatoms. The summed E-state index contributed by atoms with van der Waals surface area (Å²) in [7, 11) is 2.17. The second-order valence-electron chi connectivity index (χ2n) is 9.60. The summed E-state index contributed by atoms with van der Waals surface area (Å²) in [4.78, 5) is 17.4. The van der Waals surface area contributed by atoms with Gasteiger partial charge in [-0.25, -0.2) is 15.0 Å². The highest BCUT2D eigenvalue weighted by Gasteiger charge is 2.24. The number of piperazine rings is 1. The number of fused-ring (bicyclic) bond motifs is 1. The van der Waals surface area contributed by atoms with Crippen molar-refractivity contribution in [3.63, 3.8) is 0 Å². The molecule has 4 heterocycles. The molecule has 3 N–H and O–H groups in total. The molecule has 3 aromatic heterocycles. The Bertz CT molecular complexity index is 1610. The van der Waals surface area contributed by atoms with Gasteiger partial charge in [0.25, 0.3) is 0 Å². The van der Waals surface area contributed by atoms with Crippen LogP contribution in [-0.2, 0) is 0 Å². The zero-order valence-electron chi connectivity index (χ0n) is 21.8. The fourth-order valence-corrected chi connectivity index (χ4v) is 4.70. The van der Waals surface area contributed by atoms with Gasteiger partial charge in [-0.15, -0.1) is 10.2 Å². The number of benzene rings is 2. The van der Waals surface area contributed by atoms with Crippen LogP contribution in [-0.4, -0.2) is 62.8 Å². The molecule has 0 aliphatic carbocycles. The first-order chi connectivity index (χ1) is 19.0. The number of nitrogen functional groups attached to an aromatic ring is 1. The van der Waals surface area contributed by atoms with Gasteiger partial charge in [0.2, 0.25) is 11.8 Å². The van der Waals surface area contributed by atoms with Crippen molar-refractivity contribution in [3.05, 3.63) is 79.1 Å². The minimum Gasteiger partial charge on any atom is -0.438 e. The molecule has 1 aliphatic heterocycles. The summed E-state index contributed by atoms with van der Waals surface area (Å²) >= 11 is 0. The lowest BCUT2D eigenvalue weighted by molar-refractivity contribution is 0.233. The lowest BCUT2D eigenvalue weighted by atomic mass is 10.1. The first-order valence-corrected chi connectivity index (χ1v) is 12.8. The van der Waals surface area contributed by atoms with Crippen LogP contribution in [0.5, 0.6) is 11.6 Å². The number of nitrogens with zero attached hydrogens (tertiary/aromatic N) is 7. The standard InChI is InChI=1S/C29H29N9O/c1-19-18-38(17-16-37(19)2)27-23-7-4-3-6-22(23)26(35-36-27)33-20-9-11-21(12-10-20)39-28-24(8-5-14-31-28)25-13-15-32-29(30)34-25/h3-15,19H,16-18H2,1-2H3,(H,33,35)(H2,30,32,34). The van der Waals surface area contributed by atoms with E-state index >= 15 is 0 Å². The summed E-state index contributed by atoms with van der Waals surface area (Å²) in [5.41, 5.74) is 8.00. The Morgan fingerprint density at radius 3 is 2.51 bits per heavy atom. The van der Waals surface area contributed by atoms with Gasteiger partial charge in [0, 0.05) is 54.5 Å². The van der Waals surface area contributed by atoms with Crippen LogP contribution in [0.1, 0.15) is 6.92 Å². The summed E-state index contributed by atoms with van der Waals surface area (Å²) in [5.74, 6) is 2.90. The lowest BCUT2D eigenvalue weighted by Crippen LogP contribution is -2.50. The molecule has 5 aromatic rings. The third kappa shape index (κ3) is 5.14. The third-order valence-corrected chi connectivity index (χ3v) is 6.98. The van der Waals surface area contributed by atoms with Crippen LogP contribution >= 0.6 is 0 Å². The Balaban J connectivity index is 1.22. The van der Waals surface area contributed by atoms with Gasteiger partial charge < -0.3 is 25.6 Å². The molecule has 0 spiro atoms. The molecule has 196 valence electrons. The zero-order chi connectivity index (χ0) is 26.8. The minimum absolute atomic E-state index is 0.194. The van der Waals surface area contributed by atoms with Crippen LogP contribution in [0.2, 0.25) is 0 Å². The lowest BCUT2D eigenvalue weighted by Gasteiger charge is -2.38. The fraction of sp³-hybridized carbons (Fsp3) is 0.207. The normalized spacial score (nSPS) is 15.8. The molecule has 1 unspecified atom stereocenters. The Morgan fingerprint density at radius 1 is 0.897 bits per heavy atom. The molecule has 0 radical (unpaired) electrons. The Hall–Kier alpha value is -4.83. The average molecular weight is 520 g/mol. The molecule has 0 bridgehead atoms. The van der Waals surface area contributed by atoms with Crippen LogP contribution in [0.3, 0.4) is 0 Å². The summed E-state index contributed by atoms with van der Waals surface area (Å²) in [6, 6.07) is 21.8. The highest BCUT2D eigenvalue weighted by atomic mass is 16.5. The fourth-order valence-electron chi connectivity index (χ4n) is 4.70. The molecule has 1 fully saturated rings. The Kier molecular flexibility index (Phi) is 6.60. The van der Waals surface area contributed by atoms with E-state index in [2.05, 4.69) is 66.4 Å². The van der Waals surface area contributed by atoms with Crippen LogP contribution in [0, 0.1) is 0 Å². The molecule has 0 amide bonds. The van der Waals surface area contributed by atoms with Crippen LogP contribution < -0.4 is 20.7 Å². The van der Waals surface area contributed by atoms with Crippen molar-refractivity contribution in [1.82, 2.24) is 30.0 Å². The van der Waals surface area contributed by atoms with Crippen molar-refractivity contribution in [3.8, 4) is 22.9 Å².